The van der Waals surface area contributed by atoms with E-state index < -0.39 is 0 Å². The Morgan fingerprint density at radius 1 is 1.30 bits per heavy atom. The first kappa shape index (κ1) is 15.8. The summed E-state index contributed by atoms with van der Waals surface area (Å²) in [6, 6.07) is 10.3. The zero-order valence-electron chi connectivity index (χ0n) is 13.4. The van der Waals surface area contributed by atoms with Crippen molar-refractivity contribution in [3.63, 3.8) is 0 Å². The van der Waals surface area contributed by atoms with Gasteiger partial charge in [0.1, 0.15) is 0 Å². The molecule has 2 nitrogen and oxygen atoms in total. The van der Waals surface area contributed by atoms with Gasteiger partial charge in [-0.25, -0.2) is 0 Å². The van der Waals surface area contributed by atoms with E-state index in [1.54, 1.807) is 0 Å². The molecule has 2 heteroatoms. The molecule has 0 saturated carbocycles. The van der Waals surface area contributed by atoms with Gasteiger partial charge in [0, 0.05) is 18.8 Å². The van der Waals surface area contributed by atoms with Crippen LogP contribution in [0.25, 0.3) is 0 Å². The molecule has 1 aromatic carbocycles. The van der Waals surface area contributed by atoms with E-state index in [4.69, 9.17) is 4.74 Å². The Labute approximate surface area is 138 Å². The number of ether oxygens (including phenoxy) is 1. The Balaban J connectivity index is 1.69. The summed E-state index contributed by atoms with van der Waals surface area (Å²) in [6.07, 6.45) is 6.04. The first-order valence-electron chi connectivity index (χ1n) is 8.32. The maximum Gasteiger partial charge on any atom is 0.171 e. The second-order valence-corrected chi connectivity index (χ2v) is 6.13. The van der Waals surface area contributed by atoms with Crippen LogP contribution in [0.4, 0.5) is 0 Å². The van der Waals surface area contributed by atoms with E-state index in [-0.39, 0.29) is 17.8 Å². The molecule has 0 unspecified atom stereocenters. The van der Waals surface area contributed by atoms with Gasteiger partial charge in [-0.05, 0) is 30.4 Å². The van der Waals surface area contributed by atoms with E-state index in [0.717, 1.165) is 36.8 Å². The van der Waals surface area contributed by atoms with E-state index in [0.29, 0.717) is 13.0 Å². The molecule has 1 heterocycles. The number of allylic oxidation sites excluding steroid dienone is 2. The molecule has 118 valence electrons. The minimum absolute atomic E-state index is 0.0582. The fourth-order valence-electron chi connectivity index (χ4n) is 3.35. The normalized spacial score (nSPS) is 22.7. The Bertz CT molecular complexity index is 673. The van der Waals surface area contributed by atoms with Gasteiger partial charge in [-0.3, -0.25) is 4.79 Å². The van der Waals surface area contributed by atoms with Gasteiger partial charge < -0.3 is 4.74 Å². The van der Waals surface area contributed by atoms with Crippen LogP contribution in [0.2, 0.25) is 0 Å². The topological polar surface area (TPSA) is 26.3 Å². The molecule has 1 aliphatic carbocycles. The van der Waals surface area contributed by atoms with E-state index in [9.17, 15) is 4.79 Å². The summed E-state index contributed by atoms with van der Waals surface area (Å²) < 4.78 is 5.85. The number of ketones is 1. The summed E-state index contributed by atoms with van der Waals surface area (Å²) in [7, 11) is 0. The van der Waals surface area contributed by atoms with Gasteiger partial charge in [0.2, 0.25) is 0 Å². The largest absolute Gasteiger partial charge is 0.373 e. The first-order chi connectivity index (χ1) is 11.3. The van der Waals surface area contributed by atoms with Gasteiger partial charge >= 0.3 is 0 Å². The lowest BCUT2D eigenvalue weighted by Crippen LogP contribution is -2.09. The molecule has 23 heavy (non-hydrogen) atoms. The summed E-state index contributed by atoms with van der Waals surface area (Å²) in [6.45, 7) is 4.43. The van der Waals surface area contributed by atoms with Crippen LogP contribution in [-0.4, -0.2) is 18.5 Å². The number of hydrogen-bond donors (Lipinski definition) is 0. The predicted molar refractivity (Wildman–Crippen MR) is 91.9 cm³/mol. The highest BCUT2D eigenvalue weighted by atomic mass is 16.5. The minimum Gasteiger partial charge on any atom is -0.373 e. The molecule has 0 radical (unpaired) electrons. The first-order valence-corrected chi connectivity index (χ1v) is 8.32. The molecule has 0 bridgehead atoms. The van der Waals surface area contributed by atoms with Crippen LogP contribution in [0, 0.1) is 17.8 Å². The Morgan fingerprint density at radius 3 is 2.91 bits per heavy atom. The van der Waals surface area contributed by atoms with Crippen molar-refractivity contribution < 1.29 is 9.53 Å². The predicted octanol–water partition coefficient (Wildman–Crippen LogP) is 3.87. The molecule has 0 spiro atoms. The second-order valence-electron chi connectivity index (χ2n) is 6.13. The van der Waals surface area contributed by atoms with Crippen molar-refractivity contribution in [2.45, 2.75) is 38.2 Å². The molecular weight excluding hydrogens is 284 g/mol. The number of fused-ring (bicyclic) bond motifs is 1. The van der Waals surface area contributed by atoms with Crippen molar-refractivity contribution in [2.24, 2.45) is 5.92 Å². The molecule has 1 aromatic rings. The maximum absolute atomic E-state index is 12.2. The van der Waals surface area contributed by atoms with Gasteiger partial charge in [-0.1, -0.05) is 48.2 Å². The highest BCUT2D eigenvalue weighted by Crippen LogP contribution is 2.39. The average Bonchev–Trinajstić information content (AvgIpc) is 3.09. The number of carbonyl (C=O) groups is 1. The molecule has 1 saturated heterocycles. The lowest BCUT2D eigenvalue weighted by molar-refractivity contribution is -0.115. The molecule has 0 amide bonds. The maximum atomic E-state index is 12.2. The fraction of sp³-hybridized carbons (Fsp3) is 0.381. The highest BCUT2D eigenvalue weighted by Gasteiger charge is 2.40. The number of hydrogen-bond acceptors (Lipinski definition) is 2. The molecular formula is C21H22O2. The monoisotopic (exact) mass is 306 g/mol. The van der Waals surface area contributed by atoms with Crippen molar-refractivity contribution >= 4 is 5.78 Å². The minimum atomic E-state index is 0.0582. The molecule has 2 aliphatic rings. The van der Waals surface area contributed by atoms with E-state index in [2.05, 4.69) is 30.6 Å². The zero-order chi connectivity index (χ0) is 16.1. The number of aryl methyl sites for hydroxylation is 1. The smallest absolute Gasteiger partial charge is 0.171 e. The third-order valence-electron chi connectivity index (χ3n) is 4.51. The van der Waals surface area contributed by atoms with Crippen molar-refractivity contribution in [2.75, 3.05) is 6.61 Å². The van der Waals surface area contributed by atoms with Crippen molar-refractivity contribution in [3.8, 4) is 11.8 Å². The summed E-state index contributed by atoms with van der Waals surface area (Å²) >= 11 is 0. The summed E-state index contributed by atoms with van der Waals surface area (Å²) in [4.78, 5) is 12.2. The van der Waals surface area contributed by atoms with Gasteiger partial charge in [-0.2, -0.15) is 0 Å². The van der Waals surface area contributed by atoms with E-state index >= 15 is 0 Å². The zero-order valence-corrected chi connectivity index (χ0v) is 13.4. The molecule has 0 N–H and O–H groups in total. The lowest BCUT2D eigenvalue weighted by Gasteiger charge is -2.10. The van der Waals surface area contributed by atoms with Gasteiger partial charge in [0.25, 0.3) is 0 Å². The van der Waals surface area contributed by atoms with E-state index in [1.807, 2.05) is 24.3 Å². The average molecular weight is 306 g/mol. The summed E-state index contributed by atoms with van der Waals surface area (Å²) in [5.41, 5.74) is 3.17. The number of carbonyl (C=O) groups excluding carboxylic acids is 1. The third-order valence-corrected chi connectivity index (χ3v) is 4.51. The van der Waals surface area contributed by atoms with Crippen molar-refractivity contribution in [3.05, 3.63) is 59.7 Å². The van der Waals surface area contributed by atoms with Crippen LogP contribution < -0.4 is 0 Å². The van der Waals surface area contributed by atoms with E-state index in [1.165, 1.54) is 5.56 Å². The third kappa shape index (κ3) is 3.63. The molecule has 1 aliphatic heterocycles. The Kier molecular flexibility index (Phi) is 5.10. The van der Waals surface area contributed by atoms with Gasteiger partial charge in [-0.15, -0.1) is 6.58 Å². The lowest BCUT2D eigenvalue weighted by atomic mass is 9.96. The fourth-order valence-corrected chi connectivity index (χ4v) is 3.35. The van der Waals surface area contributed by atoms with Gasteiger partial charge in [0.05, 0.1) is 18.3 Å². The van der Waals surface area contributed by atoms with Crippen LogP contribution in [-0.2, 0) is 16.0 Å². The van der Waals surface area contributed by atoms with Crippen molar-refractivity contribution in [1.29, 1.82) is 0 Å². The number of rotatable bonds is 5. The quantitative estimate of drug-likeness (QED) is 0.610. The summed E-state index contributed by atoms with van der Waals surface area (Å²) in [5, 5.41) is 0. The highest BCUT2D eigenvalue weighted by molar-refractivity contribution is 6.03. The van der Waals surface area contributed by atoms with Crippen LogP contribution >= 0.6 is 0 Å². The van der Waals surface area contributed by atoms with Crippen LogP contribution in [0.1, 0.15) is 31.2 Å². The summed E-state index contributed by atoms with van der Waals surface area (Å²) in [5.74, 6) is 6.80. The Hall–Kier alpha value is -2.11. The number of Topliss-reactive ketones (excluding diaryl/α,β-unsaturated/α-hetero) is 1. The molecule has 0 aromatic heterocycles. The second kappa shape index (κ2) is 7.44. The molecule has 2 atom stereocenters. The SMILES string of the molecule is C=CCC[C@H]1OC[C@H]2CC(=O)C(C#CCCc3ccccc3)=C21. The van der Waals surface area contributed by atoms with Crippen LogP contribution in [0.15, 0.2) is 54.1 Å². The Morgan fingerprint density at radius 2 is 2.13 bits per heavy atom. The van der Waals surface area contributed by atoms with Crippen molar-refractivity contribution in [1.82, 2.24) is 0 Å². The number of benzene rings is 1. The van der Waals surface area contributed by atoms with Crippen LogP contribution in [0.3, 0.4) is 0 Å². The van der Waals surface area contributed by atoms with Crippen LogP contribution in [0.5, 0.6) is 0 Å². The standard InChI is InChI=1S/C21H22O2/c1-2-3-13-20-21-17(15-23-20)14-19(22)18(21)12-8-7-11-16-9-5-4-6-10-16/h2,4-6,9-10,17,20H,1,3,7,11,13-15H2/t17-,20-/m1/s1. The molecule has 1 fully saturated rings. The molecule has 3 rings (SSSR count). The van der Waals surface area contributed by atoms with Gasteiger partial charge in [0.15, 0.2) is 5.78 Å².